The summed E-state index contributed by atoms with van der Waals surface area (Å²) in [5.41, 5.74) is -0.0948. The van der Waals surface area contributed by atoms with Crippen molar-refractivity contribution in [1.29, 1.82) is 0 Å². The SMILES string of the molecule is C[C@H](OC(C)(C)C)[C@H]1CN2C[C@H](O)C[C@H]2CN1. The number of fused-ring (bicyclic) bond motifs is 1. The predicted octanol–water partition coefficient (Wildman–Crippen LogP) is 0.597. The first-order valence-corrected chi connectivity index (χ1v) is 6.68. The molecule has 2 N–H and O–H groups in total. The van der Waals surface area contributed by atoms with Gasteiger partial charge in [0.2, 0.25) is 0 Å². The Bertz CT molecular complexity index is 265. The standard InChI is InChI=1S/C13H26N2O2/c1-9(17-13(2,3)4)12-8-15-7-11(16)5-10(15)6-14-12/h9-12,14,16H,5-8H2,1-4H3/t9-,10-,11+,12+/m0/s1. The third kappa shape index (κ3) is 3.41. The number of rotatable bonds is 2. The fourth-order valence-corrected chi connectivity index (χ4v) is 2.95. The van der Waals surface area contributed by atoms with Crippen LogP contribution < -0.4 is 5.32 Å². The van der Waals surface area contributed by atoms with E-state index in [0.717, 1.165) is 26.1 Å². The summed E-state index contributed by atoms with van der Waals surface area (Å²) >= 11 is 0. The van der Waals surface area contributed by atoms with Crippen LogP contribution in [0.5, 0.6) is 0 Å². The lowest BCUT2D eigenvalue weighted by Gasteiger charge is -2.40. The molecule has 17 heavy (non-hydrogen) atoms. The number of aliphatic hydroxyl groups excluding tert-OH is 1. The molecule has 4 nitrogen and oxygen atoms in total. The third-order valence-corrected chi connectivity index (χ3v) is 3.66. The highest BCUT2D eigenvalue weighted by Gasteiger charge is 2.37. The van der Waals surface area contributed by atoms with E-state index >= 15 is 0 Å². The zero-order valence-corrected chi connectivity index (χ0v) is 11.4. The van der Waals surface area contributed by atoms with E-state index in [9.17, 15) is 5.11 Å². The van der Waals surface area contributed by atoms with Crippen LogP contribution in [0.1, 0.15) is 34.1 Å². The normalized spacial score (nSPS) is 36.9. The zero-order chi connectivity index (χ0) is 12.6. The molecule has 0 aromatic heterocycles. The van der Waals surface area contributed by atoms with Gasteiger partial charge in [0.05, 0.1) is 17.8 Å². The number of nitrogens with zero attached hydrogens (tertiary/aromatic N) is 1. The van der Waals surface area contributed by atoms with Gasteiger partial charge in [0, 0.05) is 31.7 Å². The van der Waals surface area contributed by atoms with Crippen molar-refractivity contribution in [2.45, 2.75) is 64.0 Å². The van der Waals surface area contributed by atoms with E-state index in [1.807, 2.05) is 0 Å². The van der Waals surface area contributed by atoms with E-state index in [0.29, 0.717) is 12.1 Å². The van der Waals surface area contributed by atoms with Gasteiger partial charge < -0.3 is 15.2 Å². The maximum Gasteiger partial charge on any atom is 0.0719 e. The number of piperazine rings is 1. The van der Waals surface area contributed by atoms with Gasteiger partial charge in [-0.05, 0) is 34.1 Å². The van der Waals surface area contributed by atoms with Crippen molar-refractivity contribution in [3.05, 3.63) is 0 Å². The Morgan fingerprint density at radius 2 is 2.06 bits per heavy atom. The monoisotopic (exact) mass is 242 g/mol. The summed E-state index contributed by atoms with van der Waals surface area (Å²) in [6.07, 6.45) is 0.974. The molecule has 0 spiro atoms. The lowest BCUT2D eigenvalue weighted by molar-refractivity contribution is -0.0756. The Morgan fingerprint density at radius 1 is 1.35 bits per heavy atom. The molecule has 0 amide bonds. The summed E-state index contributed by atoms with van der Waals surface area (Å²) in [4.78, 5) is 2.40. The quantitative estimate of drug-likeness (QED) is 0.744. The molecular weight excluding hydrogens is 216 g/mol. The Kier molecular flexibility index (Phi) is 3.78. The molecule has 0 aliphatic carbocycles. The number of ether oxygens (including phenoxy) is 1. The number of hydrogen-bond acceptors (Lipinski definition) is 4. The van der Waals surface area contributed by atoms with E-state index in [1.54, 1.807) is 0 Å². The summed E-state index contributed by atoms with van der Waals surface area (Å²) in [6, 6.07) is 0.888. The smallest absolute Gasteiger partial charge is 0.0719 e. The molecule has 0 unspecified atom stereocenters. The summed E-state index contributed by atoms with van der Waals surface area (Å²) in [7, 11) is 0. The van der Waals surface area contributed by atoms with Gasteiger partial charge in [-0.25, -0.2) is 0 Å². The second-order valence-corrected chi connectivity index (χ2v) is 6.45. The van der Waals surface area contributed by atoms with Gasteiger partial charge in [0.25, 0.3) is 0 Å². The maximum absolute atomic E-state index is 9.67. The first kappa shape index (κ1) is 13.3. The molecular formula is C13H26N2O2. The van der Waals surface area contributed by atoms with Gasteiger partial charge >= 0.3 is 0 Å². The molecule has 2 aliphatic rings. The molecule has 0 saturated carbocycles. The van der Waals surface area contributed by atoms with Crippen molar-refractivity contribution >= 4 is 0 Å². The highest BCUT2D eigenvalue weighted by molar-refractivity contribution is 4.95. The van der Waals surface area contributed by atoms with Gasteiger partial charge in [-0.2, -0.15) is 0 Å². The molecule has 0 aromatic rings. The van der Waals surface area contributed by atoms with Crippen LogP contribution in [-0.4, -0.2) is 59.5 Å². The molecule has 4 heteroatoms. The minimum absolute atomic E-state index is 0.0948. The third-order valence-electron chi connectivity index (χ3n) is 3.66. The molecule has 0 bridgehead atoms. The van der Waals surface area contributed by atoms with Crippen molar-refractivity contribution in [1.82, 2.24) is 10.2 Å². The minimum atomic E-state index is -0.139. The second kappa shape index (κ2) is 4.84. The molecule has 2 fully saturated rings. The average molecular weight is 242 g/mol. The van der Waals surface area contributed by atoms with Gasteiger partial charge in [-0.1, -0.05) is 0 Å². The van der Waals surface area contributed by atoms with Crippen molar-refractivity contribution in [2.24, 2.45) is 0 Å². The molecule has 2 saturated heterocycles. The molecule has 100 valence electrons. The first-order chi connectivity index (χ1) is 7.85. The topological polar surface area (TPSA) is 44.7 Å². The van der Waals surface area contributed by atoms with Gasteiger partial charge in [0.1, 0.15) is 0 Å². The molecule has 2 heterocycles. The number of nitrogens with one attached hydrogen (secondary N) is 1. The molecule has 0 aromatic carbocycles. The lowest BCUT2D eigenvalue weighted by atomic mass is 10.1. The summed E-state index contributed by atoms with van der Waals surface area (Å²) in [5, 5.41) is 13.2. The van der Waals surface area contributed by atoms with Crippen molar-refractivity contribution in [2.75, 3.05) is 19.6 Å². The first-order valence-electron chi connectivity index (χ1n) is 6.68. The Hall–Kier alpha value is -0.160. The van der Waals surface area contributed by atoms with E-state index < -0.39 is 0 Å². The Labute approximate surface area is 104 Å². The Balaban J connectivity index is 1.87. The van der Waals surface area contributed by atoms with E-state index in [2.05, 4.69) is 37.9 Å². The van der Waals surface area contributed by atoms with Crippen LogP contribution in [0.4, 0.5) is 0 Å². The van der Waals surface area contributed by atoms with Crippen LogP contribution in [0.25, 0.3) is 0 Å². The van der Waals surface area contributed by atoms with Crippen molar-refractivity contribution < 1.29 is 9.84 Å². The van der Waals surface area contributed by atoms with Crippen molar-refractivity contribution in [3.63, 3.8) is 0 Å². The van der Waals surface area contributed by atoms with E-state index in [4.69, 9.17) is 4.74 Å². The summed E-state index contributed by atoms with van der Waals surface area (Å²) in [5.74, 6) is 0. The molecule has 4 atom stereocenters. The van der Waals surface area contributed by atoms with Crippen LogP contribution >= 0.6 is 0 Å². The largest absolute Gasteiger partial charge is 0.392 e. The predicted molar refractivity (Wildman–Crippen MR) is 68.1 cm³/mol. The van der Waals surface area contributed by atoms with E-state index in [1.165, 1.54) is 0 Å². The van der Waals surface area contributed by atoms with Crippen LogP contribution in [0.2, 0.25) is 0 Å². The number of hydrogen-bond donors (Lipinski definition) is 2. The average Bonchev–Trinajstić information content (AvgIpc) is 2.53. The highest BCUT2D eigenvalue weighted by atomic mass is 16.5. The van der Waals surface area contributed by atoms with Crippen LogP contribution in [0, 0.1) is 0 Å². The van der Waals surface area contributed by atoms with Gasteiger partial charge in [-0.15, -0.1) is 0 Å². The van der Waals surface area contributed by atoms with E-state index in [-0.39, 0.29) is 17.8 Å². The van der Waals surface area contributed by atoms with Crippen LogP contribution in [-0.2, 0) is 4.74 Å². The maximum atomic E-state index is 9.67. The van der Waals surface area contributed by atoms with Crippen molar-refractivity contribution in [3.8, 4) is 0 Å². The fourth-order valence-electron chi connectivity index (χ4n) is 2.95. The Morgan fingerprint density at radius 3 is 2.71 bits per heavy atom. The van der Waals surface area contributed by atoms with Crippen LogP contribution in [0.15, 0.2) is 0 Å². The minimum Gasteiger partial charge on any atom is -0.392 e. The second-order valence-electron chi connectivity index (χ2n) is 6.45. The molecule has 0 radical (unpaired) electrons. The summed E-state index contributed by atoms with van der Waals surface area (Å²) in [6.45, 7) is 11.2. The molecule has 2 rings (SSSR count). The van der Waals surface area contributed by atoms with Gasteiger partial charge in [-0.3, -0.25) is 4.90 Å². The zero-order valence-electron chi connectivity index (χ0n) is 11.4. The summed E-state index contributed by atoms with van der Waals surface area (Å²) < 4.78 is 6.00. The van der Waals surface area contributed by atoms with Crippen LogP contribution in [0.3, 0.4) is 0 Å². The molecule has 2 aliphatic heterocycles. The fraction of sp³-hybridized carbons (Fsp3) is 1.00. The lowest BCUT2D eigenvalue weighted by Crippen LogP contribution is -2.58. The van der Waals surface area contributed by atoms with Gasteiger partial charge in [0.15, 0.2) is 0 Å². The number of aliphatic hydroxyl groups is 1. The highest BCUT2D eigenvalue weighted by Crippen LogP contribution is 2.23.